The molecule has 122 valence electrons. The van der Waals surface area contributed by atoms with E-state index in [1.165, 1.54) is 7.11 Å². The van der Waals surface area contributed by atoms with Crippen LogP contribution in [0.5, 0.6) is 0 Å². The second-order valence-corrected chi connectivity index (χ2v) is 6.43. The summed E-state index contributed by atoms with van der Waals surface area (Å²) in [6.45, 7) is 7.72. The number of carbonyl (C=O) groups is 2. The number of hydrogen-bond donors (Lipinski definition) is 1. The van der Waals surface area contributed by atoms with E-state index in [0.717, 1.165) is 5.76 Å². The number of carbonyl (C=O) groups excluding carboxylic acids is 2. The van der Waals surface area contributed by atoms with Crippen LogP contribution in [0.4, 0.5) is 0 Å². The summed E-state index contributed by atoms with van der Waals surface area (Å²) in [4.78, 5) is 29.7. The minimum atomic E-state index is -0.550. The summed E-state index contributed by atoms with van der Waals surface area (Å²) in [7, 11) is 1.32. The molecule has 7 heteroatoms. The number of ether oxygens (including phenoxy) is 1. The second kappa shape index (κ2) is 6.48. The van der Waals surface area contributed by atoms with E-state index >= 15 is 0 Å². The Morgan fingerprint density at radius 2 is 2.27 bits per heavy atom. The molecule has 0 radical (unpaired) electrons. The molecule has 22 heavy (non-hydrogen) atoms. The van der Waals surface area contributed by atoms with Crippen molar-refractivity contribution in [2.45, 2.75) is 45.2 Å². The predicted molar refractivity (Wildman–Crippen MR) is 79.0 cm³/mol. The van der Waals surface area contributed by atoms with Crippen molar-refractivity contribution in [1.29, 1.82) is 0 Å². The Morgan fingerprint density at radius 1 is 1.55 bits per heavy atom. The second-order valence-electron chi connectivity index (χ2n) is 6.43. The summed E-state index contributed by atoms with van der Waals surface area (Å²) in [5.74, 6) is 0.775. The van der Waals surface area contributed by atoms with Crippen molar-refractivity contribution in [2.75, 3.05) is 20.2 Å². The van der Waals surface area contributed by atoms with E-state index in [9.17, 15) is 9.59 Å². The van der Waals surface area contributed by atoms with E-state index in [0.29, 0.717) is 25.5 Å². The van der Waals surface area contributed by atoms with Gasteiger partial charge in [0.15, 0.2) is 0 Å². The molecule has 0 spiro atoms. The molecular formula is C15H23N3O4. The van der Waals surface area contributed by atoms with Gasteiger partial charge in [-0.3, -0.25) is 14.5 Å². The topological polar surface area (TPSA) is 84.7 Å². The molecule has 2 heterocycles. The molecule has 1 aliphatic heterocycles. The van der Waals surface area contributed by atoms with Crippen LogP contribution in [0.15, 0.2) is 10.6 Å². The SMILES string of the molecule is COC(=O)CC1C(=O)NCCN1Cc1ncc(C(C)(C)C)o1. The van der Waals surface area contributed by atoms with Crippen LogP contribution < -0.4 is 5.32 Å². The molecule has 1 aromatic heterocycles. The molecule has 0 bridgehead atoms. The molecule has 1 aliphatic rings. The van der Waals surface area contributed by atoms with Gasteiger partial charge in [0.2, 0.25) is 11.8 Å². The first kappa shape index (κ1) is 16.5. The Bertz CT molecular complexity index is 547. The first-order valence-electron chi connectivity index (χ1n) is 7.35. The lowest BCUT2D eigenvalue weighted by Crippen LogP contribution is -2.55. The Morgan fingerprint density at radius 3 is 2.86 bits per heavy atom. The van der Waals surface area contributed by atoms with E-state index in [4.69, 9.17) is 4.42 Å². The molecule has 1 fully saturated rings. The molecule has 1 amide bonds. The molecule has 7 nitrogen and oxygen atoms in total. The van der Waals surface area contributed by atoms with Gasteiger partial charge in [-0.05, 0) is 0 Å². The van der Waals surface area contributed by atoms with Crippen molar-refractivity contribution < 1.29 is 18.7 Å². The Hall–Kier alpha value is -1.89. The minimum Gasteiger partial charge on any atom is -0.469 e. The van der Waals surface area contributed by atoms with Crippen molar-refractivity contribution >= 4 is 11.9 Å². The van der Waals surface area contributed by atoms with Crippen LogP contribution in [0.3, 0.4) is 0 Å². The van der Waals surface area contributed by atoms with Gasteiger partial charge in [-0.15, -0.1) is 0 Å². The number of nitrogens with zero attached hydrogens (tertiary/aromatic N) is 2. The number of esters is 1. The Balaban J connectivity index is 2.09. The number of amides is 1. The van der Waals surface area contributed by atoms with Gasteiger partial charge in [-0.2, -0.15) is 0 Å². The van der Waals surface area contributed by atoms with Crippen LogP contribution in [0, 0.1) is 0 Å². The maximum atomic E-state index is 12.0. The predicted octanol–water partition coefficient (Wildman–Crippen LogP) is 0.836. The van der Waals surface area contributed by atoms with Gasteiger partial charge in [0.1, 0.15) is 11.8 Å². The Kier molecular flexibility index (Phi) is 4.85. The maximum absolute atomic E-state index is 12.0. The van der Waals surface area contributed by atoms with Gasteiger partial charge in [-0.25, -0.2) is 4.98 Å². The van der Waals surface area contributed by atoms with Gasteiger partial charge in [0, 0.05) is 18.5 Å². The summed E-state index contributed by atoms with van der Waals surface area (Å²) in [5.41, 5.74) is -0.115. The van der Waals surface area contributed by atoms with E-state index in [1.54, 1.807) is 6.20 Å². The first-order valence-corrected chi connectivity index (χ1v) is 7.35. The van der Waals surface area contributed by atoms with Crippen LogP contribution in [0.1, 0.15) is 38.8 Å². The lowest BCUT2D eigenvalue weighted by Gasteiger charge is -2.33. The summed E-state index contributed by atoms with van der Waals surface area (Å²) < 4.78 is 10.4. The maximum Gasteiger partial charge on any atom is 0.307 e. The van der Waals surface area contributed by atoms with Gasteiger partial charge in [0.25, 0.3) is 0 Å². The molecule has 1 N–H and O–H groups in total. The summed E-state index contributed by atoms with van der Waals surface area (Å²) >= 11 is 0. The van der Waals surface area contributed by atoms with Gasteiger partial charge in [0.05, 0.1) is 26.3 Å². The van der Waals surface area contributed by atoms with Crippen LogP contribution in [-0.4, -0.2) is 48.0 Å². The summed E-state index contributed by atoms with van der Waals surface area (Å²) in [5, 5.41) is 2.77. The van der Waals surface area contributed by atoms with Crippen LogP contribution >= 0.6 is 0 Å². The number of hydrogen-bond acceptors (Lipinski definition) is 6. The third-order valence-electron chi connectivity index (χ3n) is 3.66. The first-order chi connectivity index (χ1) is 10.3. The fraction of sp³-hybridized carbons (Fsp3) is 0.667. The molecule has 1 aromatic rings. The smallest absolute Gasteiger partial charge is 0.307 e. The standard InChI is InChI=1S/C15H23N3O4/c1-15(2,3)11-8-17-12(22-11)9-18-6-5-16-14(20)10(18)7-13(19)21-4/h8,10H,5-7,9H2,1-4H3,(H,16,20). The van der Waals surface area contributed by atoms with Gasteiger partial charge < -0.3 is 14.5 Å². The number of aromatic nitrogens is 1. The third-order valence-corrected chi connectivity index (χ3v) is 3.66. The van der Waals surface area contributed by atoms with Crippen LogP contribution in [-0.2, 0) is 26.3 Å². The highest BCUT2D eigenvalue weighted by Crippen LogP contribution is 2.23. The van der Waals surface area contributed by atoms with Crippen LogP contribution in [0.2, 0.25) is 0 Å². The zero-order valence-corrected chi connectivity index (χ0v) is 13.5. The number of nitrogens with one attached hydrogen (secondary N) is 1. The van der Waals surface area contributed by atoms with Crippen molar-refractivity contribution in [2.24, 2.45) is 0 Å². The monoisotopic (exact) mass is 309 g/mol. The zero-order valence-electron chi connectivity index (χ0n) is 13.5. The van der Waals surface area contributed by atoms with E-state index < -0.39 is 12.0 Å². The minimum absolute atomic E-state index is 0.0230. The lowest BCUT2D eigenvalue weighted by atomic mass is 9.94. The quantitative estimate of drug-likeness (QED) is 0.830. The average molecular weight is 309 g/mol. The zero-order chi connectivity index (χ0) is 16.3. The van der Waals surface area contributed by atoms with Crippen molar-refractivity contribution in [3.8, 4) is 0 Å². The van der Waals surface area contributed by atoms with Crippen molar-refractivity contribution in [3.05, 3.63) is 17.8 Å². The normalized spacial score (nSPS) is 19.8. The largest absolute Gasteiger partial charge is 0.469 e. The highest BCUT2D eigenvalue weighted by Gasteiger charge is 2.33. The molecule has 0 aliphatic carbocycles. The van der Waals surface area contributed by atoms with Gasteiger partial charge >= 0.3 is 5.97 Å². The molecule has 1 saturated heterocycles. The molecule has 1 atom stereocenters. The van der Waals surface area contributed by atoms with E-state index in [-0.39, 0.29) is 17.7 Å². The molecular weight excluding hydrogens is 286 g/mol. The van der Waals surface area contributed by atoms with E-state index in [2.05, 4.69) is 15.0 Å². The Labute approximate surface area is 130 Å². The highest BCUT2D eigenvalue weighted by atomic mass is 16.5. The molecule has 0 saturated carbocycles. The third kappa shape index (κ3) is 3.85. The summed E-state index contributed by atoms with van der Waals surface area (Å²) in [6, 6.07) is -0.550. The van der Waals surface area contributed by atoms with Crippen molar-refractivity contribution in [3.63, 3.8) is 0 Å². The van der Waals surface area contributed by atoms with Crippen LogP contribution in [0.25, 0.3) is 0 Å². The van der Waals surface area contributed by atoms with Gasteiger partial charge in [-0.1, -0.05) is 20.8 Å². The highest BCUT2D eigenvalue weighted by molar-refractivity contribution is 5.87. The molecule has 1 unspecified atom stereocenters. The number of methoxy groups -OCH3 is 1. The van der Waals surface area contributed by atoms with Crippen molar-refractivity contribution in [1.82, 2.24) is 15.2 Å². The fourth-order valence-corrected chi connectivity index (χ4v) is 2.32. The number of piperazine rings is 1. The fourth-order valence-electron chi connectivity index (χ4n) is 2.32. The van der Waals surface area contributed by atoms with E-state index in [1.807, 2.05) is 25.7 Å². The summed E-state index contributed by atoms with van der Waals surface area (Å²) in [6.07, 6.45) is 1.74. The number of rotatable bonds is 4. The molecule has 2 rings (SSSR count). The number of oxazole rings is 1. The average Bonchev–Trinajstić information content (AvgIpc) is 2.91. The lowest BCUT2D eigenvalue weighted by molar-refractivity contribution is -0.146. The molecule has 0 aromatic carbocycles.